The van der Waals surface area contributed by atoms with Crippen LogP contribution in [0.5, 0.6) is 0 Å². The van der Waals surface area contributed by atoms with E-state index in [0.717, 1.165) is 12.4 Å². The zero-order chi connectivity index (χ0) is 13.1. The lowest BCUT2D eigenvalue weighted by molar-refractivity contribution is -0.385. The largest absolute Gasteiger partial charge is 0.465 e. The summed E-state index contributed by atoms with van der Waals surface area (Å²) in [6, 6.07) is 0. The number of nitro groups is 1. The molecule has 18 heavy (non-hydrogen) atoms. The molecule has 1 saturated heterocycles. The molecule has 0 aliphatic carbocycles. The number of carboxylic acid groups (broad SMARTS) is 1. The van der Waals surface area contributed by atoms with Gasteiger partial charge in [-0.3, -0.25) is 10.1 Å². The lowest BCUT2D eigenvalue weighted by Gasteiger charge is -2.32. The van der Waals surface area contributed by atoms with E-state index in [-0.39, 0.29) is 5.69 Å². The van der Waals surface area contributed by atoms with E-state index >= 15 is 0 Å². The maximum absolute atomic E-state index is 10.7. The number of rotatable bonds is 2. The Morgan fingerprint density at radius 3 is 2.28 bits per heavy atom. The van der Waals surface area contributed by atoms with Crippen LogP contribution in [0, 0.1) is 10.1 Å². The minimum atomic E-state index is -0.945. The lowest BCUT2D eigenvalue weighted by Crippen LogP contribution is -2.48. The van der Waals surface area contributed by atoms with Crippen LogP contribution in [0.1, 0.15) is 0 Å². The Bertz CT molecular complexity index is 455. The molecule has 0 bridgehead atoms. The van der Waals surface area contributed by atoms with Gasteiger partial charge in [-0.15, -0.1) is 0 Å². The van der Waals surface area contributed by atoms with Crippen LogP contribution in [0.3, 0.4) is 0 Å². The Morgan fingerprint density at radius 1 is 1.28 bits per heavy atom. The molecule has 1 aliphatic rings. The zero-order valence-corrected chi connectivity index (χ0v) is 9.39. The maximum Gasteiger partial charge on any atom is 0.407 e. The predicted molar refractivity (Wildman–Crippen MR) is 60.5 cm³/mol. The Morgan fingerprint density at radius 2 is 1.83 bits per heavy atom. The minimum absolute atomic E-state index is 0.164. The summed E-state index contributed by atoms with van der Waals surface area (Å²) in [5, 5.41) is 19.2. The fourth-order valence-electron chi connectivity index (χ4n) is 1.67. The van der Waals surface area contributed by atoms with Gasteiger partial charge in [-0.1, -0.05) is 0 Å². The normalized spacial score (nSPS) is 15.6. The molecule has 1 aromatic heterocycles. The quantitative estimate of drug-likeness (QED) is 0.591. The molecule has 9 heteroatoms. The topological polar surface area (TPSA) is 113 Å². The van der Waals surface area contributed by atoms with Gasteiger partial charge in [0, 0.05) is 26.2 Å². The Hall–Kier alpha value is -2.45. The van der Waals surface area contributed by atoms with Crippen molar-refractivity contribution in [3.63, 3.8) is 0 Å². The summed E-state index contributed by atoms with van der Waals surface area (Å²) < 4.78 is 0. The van der Waals surface area contributed by atoms with Crippen molar-refractivity contribution < 1.29 is 14.8 Å². The average molecular weight is 253 g/mol. The van der Waals surface area contributed by atoms with Crippen molar-refractivity contribution in [1.82, 2.24) is 14.9 Å². The minimum Gasteiger partial charge on any atom is -0.465 e. The van der Waals surface area contributed by atoms with Gasteiger partial charge in [0.2, 0.25) is 5.95 Å². The number of amides is 1. The van der Waals surface area contributed by atoms with E-state index in [1.807, 2.05) is 0 Å². The smallest absolute Gasteiger partial charge is 0.407 e. The Labute approximate surface area is 102 Å². The van der Waals surface area contributed by atoms with E-state index in [2.05, 4.69) is 9.97 Å². The first-order chi connectivity index (χ1) is 8.58. The van der Waals surface area contributed by atoms with Gasteiger partial charge in [-0.2, -0.15) is 0 Å². The molecular weight excluding hydrogens is 242 g/mol. The maximum atomic E-state index is 10.7. The highest BCUT2D eigenvalue weighted by Crippen LogP contribution is 2.13. The highest BCUT2D eigenvalue weighted by atomic mass is 16.6. The van der Waals surface area contributed by atoms with Crippen LogP contribution in [0.2, 0.25) is 0 Å². The Kier molecular flexibility index (Phi) is 3.22. The van der Waals surface area contributed by atoms with Crippen molar-refractivity contribution in [2.45, 2.75) is 0 Å². The van der Waals surface area contributed by atoms with Gasteiger partial charge >= 0.3 is 11.8 Å². The van der Waals surface area contributed by atoms with Crippen LogP contribution in [0.25, 0.3) is 0 Å². The van der Waals surface area contributed by atoms with Gasteiger partial charge in [-0.05, 0) is 0 Å². The summed E-state index contributed by atoms with van der Waals surface area (Å²) in [5.74, 6) is 0.380. The molecule has 9 nitrogen and oxygen atoms in total. The number of hydrogen-bond donors (Lipinski definition) is 1. The second kappa shape index (κ2) is 4.82. The molecular formula is C9H11N5O4. The first kappa shape index (κ1) is 12.0. The van der Waals surface area contributed by atoms with E-state index in [1.54, 1.807) is 4.90 Å². The van der Waals surface area contributed by atoms with Crippen molar-refractivity contribution in [3.8, 4) is 0 Å². The van der Waals surface area contributed by atoms with Gasteiger partial charge in [-0.25, -0.2) is 14.8 Å². The summed E-state index contributed by atoms with van der Waals surface area (Å²) >= 11 is 0. The molecule has 1 N–H and O–H groups in total. The molecule has 1 amide bonds. The highest BCUT2D eigenvalue weighted by Gasteiger charge is 2.22. The third-order valence-electron chi connectivity index (χ3n) is 2.67. The van der Waals surface area contributed by atoms with E-state index < -0.39 is 11.0 Å². The van der Waals surface area contributed by atoms with Crippen LogP contribution in [0.4, 0.5) is 16.4 Å². The second-order valence-corrected chi connectivity index (χ2v) is 3.76. The molecule has 1 aliphatic heterocycles. The van der Waals surface area contributed by atoms with Crippen molar-refractivity contribution >= 4 is 17.7 Å². The third kappa shape index (κ3) is 2.44. The monoisotopic (exact) mass is 253 g/mol. The first-order valence-electron chi connectivity index (χ1n) is 5.27. The van der Waals surface area contributed by atoms with Crippen molar-refractivity contribution in [2.75, 3.05) is 31.1 Å². The van der Waals surface area contributed by atoms with Crippen LogP contribution >= 0.6 is 0 Å². The summed E-state index contributed by atoms with van der Waals surface area (Å²) in [6.45, 7) is 1.69. The number of anilines is 1. The Balaban J connectivity index is 2.01. The highest BCUT2D eigenvalue weighted by molar-refractivity contribution is 5.65. The fourth-order valence-corrected chi connectivity index (χ4v) is 1.67. The number of carbonyl (C=O) groups is 1. The van der Waals surface area contributed by atoms with Crippen LogP contribution < -0.4 is 4.90 Å². The van der Waals surface area contributed by atoms with E-state index in [1.165, 1.54) is 4.90 Å². The second-order valence-electron chi connectivity index (χ2n) is 3.76. The number of nitrogens with zero attached hydrogens (tertiary/aromatic N) is 5. The van der Waals surface area contributed by atoms with Crippen LogP contribution in [-0.4, -0.2) is 57.2 Å². The fraction of sp³-hybridized carbons (Fsp3) is 0.444. The molecule has 0 spiro atoms. The molecule has 2 heterocycles. The molecule has 0 saturated carbocycles. The summed E-state index contributed by atoms with van der Waals surface area (Å²) in [5.41, 5.74) is -0.164. The predicted octanol–water partition coefficient (Wildman–Crippen LogP) is 0.185. The zero-order valence-electron chi connectivity index (χ0n) is 9.39. The van der Waals surface area contributed by atoms with Gasteiger partial charge in [0.25, 0.3) is 0 Å². The molecule has 0 radical (unpaired) electrons. The van der Waals surface area contributed by atoms with E-state index in [9.17, 15) is 14.9 Å². The summed E-state index contributed by atoms with van der Waals surface area (Å²) in [6.07, 6.45) is 1.34. The molecule has 0 aromatic carbocycles. The van der Waals surface area contributed by atoms with Crippen LogP contribution in [-0.2, 0) is 0 Å². The van der Waals surface area contributed by atoms with Gasteiger partial charge in [0.05, 0.1) is 4.92 Å². The SMILES string of the molecule is O=C(O)N1CCN(c2ncc([N+](=O)[O-])cn2)CC1. The van der Waals surface area contributed by atoms with E-state index in [4.69, 9.17) is 5.11 Å². The van der Waals surface area contributed by atoms with E-state index in [0.29, 0.717) is 32.1 Å². The van der Waals surface area contributed by atoms with Gasteiger partial charge in [0.15, 0.2) is 0 Å². The molecule has 0 atom stereocenters. The molecule has 0 unspecified atom stereocenters. The number of hydrogen-bond acceptors (Lipinski definition) is 6. The average Bonchev–Trinajstić information content (AvgIpc) is 2.39. The lowest BCUT2D eigenvalue weighted by atomic mass is 10.3. The standard InChI is InChI=1S/C9H11N5O4/c15-9(16)13-3-1-12(2-4-13)8-10-5-7(6-11-8)14(17)18/h5-6H,1-4H2,(H,15,16). The molecule has 96 valence electrons. The third-order valence-corrected chi connectivity index (χ3v) is 2.67. The van der Waals surface area contributed by atoms with Crippen molar-refractivity contribution in [3.05, 3.63) is 22.5 Å². The molecule has 1 aromatic rings. The van der Waals surface area contributed by atoms with Crippen molar-refractivity contribution in [1.29, 1.82) is 0 Å². The summed E-state index contributed by atoms with van der Waals surface area (Å²) in [4.78, 5) is 31.5. The number of piperazine rings is 1. The van der Waals surface area contributed by atoms with Crippen LogP contribution in [0.15, 0.2) is 12.4 Å². The van der Waals surface area contributed by atoms with Gasteiger partial charge < -0.3 is 14.9 Å². The van der Waals surface area contributed by atoms with Crippen molar-refractivity contribution in [2.24, 2.45) is 0 Å². The molecule has 1 fully saturated rings. The number of aromatic nitrogens is 2. The molecule has 2 rings (SSSR count). The van der Waals surface area contributed by atoms with Gasteiger partial charge in [0.1, 0.15) is 12.4 Å². The summed E-state index contributed by atoms with van der Waals surface area (Å²) in [7, 11) is 0. The first-order valence-corrected chi connectivity index (χ1v) is 5.27.